The molecule has 2 aromatic carbocycles. The average molecular weight is 399 g/mol. The molecule has 152 valence electrons. The first-order valence-corrected chi connectivity index (χ1v) is 10.4. The lowest BCUT2D eigenvalue weighted by atomic mass is 10.0. The van der Waals surface area contributed by atoms with E-state index in [9.17, 15) is 4.79 Å². The smallest absolute Gasteiger partial charge is 0.227 e. The number of carbonyl (C=O) groups is 1. The number of carbonyl (C=O) groups excluding carboxylic acids is 1. The van der Waals surface area contributed by atoms with Crippen LogP contribution in [-0.4, -0.2) is 28.8 Å². The SMILES string of the molecule is C=CC(=O)Cc1cccc(-c2ccnc(Nc3cccc(N4CCCCC4)c3)n2)c1. The van der Waals surface area contributed by atoms with Crippen molar-refractivity contribution in [3.05, 3.63) is 79.0 Å². The molecule has 1 aromatic heterocycles. The molecule has 4 rings (SSSR count). The van der Waals surface area contributed by atoms with Gasteiger partial charge in [0.05, 0.1) is 5.69 Å². The number of aromatic nitrogens is 2. The summed E-state index contributed by atoms with van der Waals surface area (Å²) >= 11 is 0. The quantitative estimate of drug-likeness (QED) is 0.556. The summed E-state index contributed by atoms with van der Waals surface area (Å²) in [6, 6.07) is 18.2. The molecule has 1 aliphatic heterocycles. The summed E-state index contributed by atoms with van der Waals surface area (Å²) in [5.74, 6) is 0.557. The van der Waals surface area contributed by atoms with E-state index in [1.54, 1.807) is 6.20 Å². The van der Waals surface area contributed by atoms with Gasteiger partial charge < -0.3 is 10.2 Å². The fourth-order valence-electron chi connectivity index (χ4n) is 3.76. The largest absolute Gasteiger partial charge is 0.371 e. The number of nitrogens with zero attached hydrogens (tertiary/aromatic N) is 3. The van der Waals surface area contributed by atoms with E-state index in [4.69, 9.17) is 0 Å². The Balaban J connectivity index is 1.52. The molecule has 1 N–H and O–H groups in total. The summed E-state index contributed by atoms with van der Waals surface area (Å²) in [6.07, 6.45) is 7.27. The number of piperidine rings is 1. The highest BCUT2D eigenvalue weighted by atomic mass is 16.1. The maximum absolute atomic E-state index is 11.7. The minimum absolute atomic E-state index is 0.00535. The first-order chi connectivity index (χ1) is 14.7. The van der Waals surface area contributed by atoms with Crippen LogP contribution in [0.15, 0.2) is 73.4 Å². The maximum Gasteiger partial charge on any atom is 0.227 e. The van der Waals surface area contributed by atoms with E-state index < -0.39 is 0 Å². The standard InChI is InChI=1S/C25H26N4O/c1-2-23(30)17-19-8-6-9-20(16-19)24-12-13-26-25(28-24)27-21-10-7-11-22(18-21)29-14-4-3-5-15-29/h2,6-13,16,18H,1,3-5,14-15,17H2,(H,26,27,28). The Morgan fingerprint density at radius 1 is 1.07 bits per heavy atom. The van der Waals surface area contributed by atoms with Crippen LogP contribution in [0.3, 0.4) is 0 Å². The minimum Gasteiger partial charge on any atom is -0.371 e. The van der Waals surface area contributed by atoms with Crippen molar-refractivity contribution < 1.29 is 4.79 Å². The lowest BCUT2D eigenvalue weighted by Gasteiger charge is -2.29. The van der Waals surface area contributed by atoms with Gasteiger partial charge >= 0.3 is 0 Å². The highest BCUT2D eigenvalue weighted by Gasteiger charge is 2.11. The van der Waals surface area contributed by atoms with Gasteiger partial charge in [0.25, 0.3) is 0 Å². The van der Waals surface area contributed by atoms with Crippen molar-refractivity contribution in [3.63, 3.8) is 0 Å². The van der Waals surface area contributed by atoms with E-state index in [0.29, 0.717) is 12.4 Å². The van der Waals surface area contributed by atoms with Crippen molar-refractivity contribution in [2.45, 2.75) is 25.7 Å². The highest BCUT2D eigenvalue weighted by molar-refractivity contribution is 5.91. The Kier molecular flexibility index (Phi) is 6.18. The van der Waals surface area contributed by atoms with E-state index in [1.165, 1.54) is 31.0 Å². The van der Waals surface area contributed by atoms with E-state index in [0.717, 1.165) is 35.6 Å². The molecule has 0 amide bonds. The van der Waals surface area contributed by atoms with Crippen molar-refractivity contribution in [1.82, 2.24) is 9.97 Å². The molecule has 1 aliphatic rings. The van der Waals surface area contributed by atoms with E-state index in [-0.39, 0.29) is 5.78 Å². The van der Waals surface area contributed by atoms with Gasteiger partial charge in [-0.05, 0) is 61.2 Å². The normalized spacial score (nSPS) is 13.7. The van der Waals surface area contributed by atoms with Crippen LogP contribution in [-0.2, 0) is 11.2 Å². The topological polar surface area (TPSA) is 58.1 Å². The Morgan fingerprint density at radius 3 is 2.73 bits per heavy atom. The van der Waals surface area contributed by atoms with Crippen molar-refractivity contribution in [2.24, 2.45) is 0 Å². The molecule has 3 aromatic rings. The third-order valence-corrected chi connectivity index (χ3v) is 5.31. The molecule has 30 heavy (non-hydrogen) atoms. The lowest BCUT2D eigenvalue weighted by Crippen LogP contribution is -2.29. The number of benzene rings is 2. The average Bonchev–Trinajstić information content (AvgIpc) is 2.80. The molecule has 0 unspecified atom stereocenters. The molecule has 0 spiro atoms. The molecule has 5 heteroatoms. The Hall–Kier alpha value is -3.47. The molecular weight excluding hydrogens is 372 g/mol. The summed E-state index contributed by atoms with van der Waals surface area (Å²) in [5, 5.41) is 3.33. The second-order valence-electron chi connectivity index (χ2n) is 7.54. The number of rotatable bonds is 7. The van der Waals surface area contributed by atoms with Gasteiger partial charge in [-0.2, -0.15) is 0 Å². The molecule has 0 aliphatic carbocycles. The molecule has 0 bridgehead atoms. The molecular formula is C25H26N4O. The summed E-state index contributed by atoms with van der Waals surface area (Å²) in [7, 11) is 0. The molecule has 1 saturated heterocycles. The number of anilines is 3. The van der Waals surface area contributed by atoms with Crippen molar-refractivity contribution in [3.8, 4) is 11.3 Å². The van der Waals surface area contributed by atoms with Crippen LogP contribution in [0.25, 0.3) is 11.3 Å². The molecule has 0 atom stereocenters. The van der Waals surface area contributed by atoms with Crippen LogP contribution < -0.4 is 10.2 Å². The number of hydrogen-bond donors (Lipinski definition) is 1. The fourth-order valence-corrected chi connectivity index (χ4v) is 3.76. The zero-order valence-electron chi connectivity index (χ0n) is 17.1. The van der Waals surface area contributed by atoms with Gasteiger partial charge in [0.1, 0.15) is 0 Å². The van der Waals surface area contributed by atoms with Crippen LogP contribution in [0.5, 0.6) is 0 Å². The highest BCUT2D eigenvalue weighted by Crippen LogP contribution is 2.25. The molecule has 0 radical (unpaired) electrons. The zero-order chi connectivity index (χ0) is 20.8. The van der Waals surface area contributed by atoms with Crippen LogP contribution in [0.2, 0.25) is 0 Å². The van der Waals surface area contributed by atoms with Crippen LogP contribution in [0, 0.1) is 0 Å². The fraction of sp³-hybridized carbons (Fsp3) is 0.240. The van der Waals surface area contributed by atoms with Crippen molar-refractivity contribution in [2.75, 3.05) is 23.3 Å². The van der Waals surface area contributed by atoms with Crippen LogP contribution >= 0.6 is 0 Å². The minimum atomic E-state index is 0.00535. The Labute approximate surface area is 177 Å². The third-order valence-electron chi connectivity index (χ3n) is 5.31. The second-order valence-corrected chi connectivity index (χ2v) is 7.54. The maximum atomic E-state index is 11.7. The van der Waals surface area contributed by atoms with Gasteiger partial charge in [0.15, 0.2) is 5.78 Å². The first-order valence-electron chi connectivity index (χ1n) is 10.4. The zero-order valence-corrected chi connectivity index (χ0v) is 17.1. The second kappa shape index (κ2) is 9.35. The predicted octanol–water partition coefficient (Wildman–Crippen LogP) is 5.18. The van der Waals surface area contributed by atoms with Gasteiger partial charge in [-0.3, -0.25) is 4.79 Å². The van der Waals surface area contributed by atoms with Gasteiger partial charge in [-0.15, -0.1) is 0 Å². The van der Waals surface area contributed by atoms with Crippen molar-refractivity contribution >= 4 is 23.1 Å². The Morgan fingerprint density at radius 2 is 1.90 bits per heavy atom. The summed E-state index contributed by atoms with van der Waals surface area (Å²) in [6.45, 7) is 5.77. The number of hydrogen-bond acceptors (Lipinski definition) is 5. The summed E-state index contributed by atoms with van der Waals surface area (Å²) in [4.78, 5) is 23.2. The molecule has 1 fully saturated rings. The summed E-state index contributed by atoms with van der Waals surface area (Å²) < 4.78 is 0. The van der Waals surface area contributed by atoms with Crippen molar-refractivity contribution in [1.29, 1.82) is 0 Å². The first kappa shape index (κ1) is 19.8. The van der Waals surface area contributed by atoms with Gasteiger partial charge in [0.2, 0.25) is 5.95 Å². The monoisotopic (exact) mass is 398 g/mol. The number of ketones is 1. The molecule has 0 saturated carbocycles. The van der Waals surface area contributed by atoms with Gasteiger partial charge in [-0.1, -0.05) is 30.8 Å². The van der Waals surface area contributed by atoms with Crippen LogP contribution in [0.1, 0.15) is 24.8 Å². The predicted molar refractivity (Wildman–Crippen MR) is 122 cm³/mol. The molecule has 5 nitrogen and oxygen atoms in total. The van der Waals surface area contributed by atoms with E-state index in [2.05, 4.69) is 45.0 Å². The number of allylic oxidation sites excluding steroid dienone is 1. The van der Waals surface area contributed by atoms with Gasteiger partial charge in [-0.25, -0.2) is 9.97 Å². The Bertz CT molecular complexity index is 1040. The molecule has 2 heterocycles. The van der Waals surface area contributed by atoms with Gasteiger partial charge in [0, 0.05) is 42.6 Å². The number of nitrogens with one attached hydrogen (secondary N) is 1. The summed E-state index contributed by atoms with van der Waals surface area (Å²) in [5.41, 5.74) is 4.92. The van der Waals surface area contributed by atoms with Crippen LogP contribution in [0.4, 0.5) is 17.3 Å². The van der Waals surface area contributed by atoms with E-state index in [1.807, 2.05) is 36.4 Å². The lowest BCUT2D eigenvalue weighted by molar-refractivity contribution is -0.114. The third kappa shape index (κ3) is 4.92. The van der Waals surface area contributed by atoms with E-state index >= 15 is 0 Å².